The largest absolute Gasteiger partial charge is 0.508 e. The normalized spacial score (nSPS) is 10.4. The number of halogens is 2. The number of aryl methyl sites for hydroxylation is 1. The molecule has 0 aliphatic rings. The van der Waals surface area contributed by atoms with Gasteiger partial charge in [-0.3, -0.25) is 0 Å². The van der Waals surface area contributed by atoms with Crippen molar-refractivity contribution < 1.29 is 18.7 Å². The number of nitrogens with zero attached hydrogens (tertiary/aromatic N) is 2. The van der Waals surface area contributed by atoms with E-state index in [9.17, 15) is 13.6 Å². The molecule has 1 heterocycles. The predicted molar refractivity (Wildman–Crippen MR) is 80.2 cm³/mol. The highest BCUT2D eigenvalue weighted by Gasteiger charge is 2.11. The van der Waals surface area contributed by atoms with Crippen LogP contribution in [0, 0.1) is 11.6 Å². The quantitative estimate of drug-likeness (QED) is 0.789. The van der Waals surface area contributed by atoms with Crippen LogP contribution in [0.2, 0.25) is 0 Å². The first kappa shape index (κ1) is 16.6. The van der Waals surface area contributed by atoms with Gasteiger partial charge in [-0.05, 0) is 6.42 Å². The molecule has 0 spiro atoms. The van der Waals surface area contributed by atoms with Crippen LogP contribution < -0.4 is 10.6 Å². The van der Waals surface area contributed by atoms with E-state index in [4.69, 9.17) is 5.11 Å². The van der Waals surface area contributed by atoms with E-state index < -0.39 is 23.4 Å². The summed E-state index contributed by atoms with van der Waals surface area (Å²) in [7, 11) is 0. The summed E-state index contributed by atoms with van der Waals surface area (Å²) in [6.45, 7) is 1.94. The minimum atomic E-state index is -0.853. The Hall–Kier alpha value is -2.77. The molecule has 0 atom stereocenters. The number of aromatic nitrogens is 2. The topological polar surface area (TPSA) is 87.1 Å². The minimum absolute atomic E-state index is 0.0261. The number of benzene rings is 1. The Bertz CT molecular complexity index is 669. The van der Waals surface area contributed by atoms with E-state index >= 15 is 0 Å². The van der Waals surface area contributed by atoms with Crippen molar-refractivity contribution in [1.29, 1.82) is 0 Å². The lowest BCUT2D eigenvalue weighted by Gasteiger charge is -2.09. The summed E-state index contributed by atoms with van der Waals surface area (Å²) in [5.74, 6) is -1.53. The number of urea groups is 1. The summed E-state index contributed by atoms with van der Waals surface area (Å²) in [5.41, 5.74) is 0.223. The summed E-state index contributed by atoms with van der Waals surface area (Å²) in [5, 5.41) is 14.1. The number of carbonyl (C=O) groups excluding carboxylic acids is 1. The van der Waals surface area contributed by atoms with Gasteiger partial charge in [0.05, 0.1) is 18.1 Å². The van der Waals surface area contributed by atoms with Crippen molar-refractivity contribution in [2.45, 2.75) is 19.8 Å². The zero-order valence-corrected chi connectivity index (χ0v) is 12.4. The van der Waals surface area contributed by atoms with E-state index in [1.807, 2.05) is 6.92 Å². The molecule has 2 aromatic rings. The van der Waals surface area contributed by atoms with Crippen LogP contribution in [0.5, 0.6) is 5.75 Å². The number of rotatable bonds is 5. The Morgan fingerprint density at radius 2 is 1.83 bits per heavy atom. The highest BCUT2D eigenvalue weighted by molar-refractivity contribution is 5.88. The number of anilines is 1. The lowest BCUT2D eigenvalue weighted by atomic mass is 10.1. The van der Waals surface area contributed by atoms with Crippen LogP contribution in [0.1, 0.15) is 18.3 Å². The lowest BCUT2D eigenvalue weighted by molar-refractivity contribution is 0.252. The third-order valence-corrected chi connectivity index (χ3v) is 3.07. The van der Waals surface area contributed by atoms with Gasteiger partial charge in [-0.2, -0.15) is 0 Å². The van der Waals surface area contributed by atoms with Gasteiger partial charge < -0.3 is 15.7 Å². The molecule has 0 fully saturated rings. The van der Waals surface area contributed by atoms with Gasteiger partial charge in [-0.15, -0.1) is 0 Å². The molecule has 122 valence electrons. The molecule has 6 nitrogen and oxygen atoms in total. The zero-order valence-electron chi connectivity index (χ0n) is 12.4. The number of hydrogen-bond acceptors (Lipinski definition) is 4. The lowest BCUT2D eigenvalue weighted by Crippen LogP contribution is -2.30. The highest BCUT2D eigenvalue weighted by Crippen LogP contribution is 2.19. The highest BCUT2D eigenvalue weighted by atomic mass is 19.1. The monoisotopic (exact) mass is 322 g/mol. The van der Waals surface area contributed by atoms with Crippen molar-refractivity contribution >= 4 is 11.7 Å². The van der Waals surface area contributed by atoms with Crippen LogP contribution in [0.3, 0.4) is 0 Å². The molecule has 0 aliphatic carbocycles. The average Bonchev–Trinajstić information content (AvgIpc) is 2.50. The van der Waals surface area contributed by atoms with Gasteiger partial charge in [0.25, 0.3) is 0 Å². The number of phenols is 1. The first-order valence-electron chi connectivity index (χ1n) is 7.02. The Labute approximate surface area is 131 Å². The number of carbonyl (C=O) groups is 1. The minimum Gasteiger partial charge on any atom is -0.508 e. The van der Waals surface area contributed by atoms with Crippen molar-refractivity contribution in [3.05, 3.63) is 47.5 Å². The maximum atomic E-state index is 13.5. The SMILES string of the molecule is CCc1ncc(NC(=O)NCCc2c(F)cc(O)cc2F)cn1. The van der Waals surface area contributed by atoms with Crippen molar-refractivity contribution in [3.63, 3.8) is 0 Å². The fourth-order valence-electron chi connectivity index (χ4n) is 1.91. The molecule has 0 unspecified atom stereocenters. The molecule has 23 heavy (non-hydrogen) atoms. The summed E-state index contributed by atoms with van der Waals surface area (Å²) < 4.78 is 27.0. The van der Waals surface area contributed by atoms with Crippen LogP contribution in [0.25, 0.3) is 0 Å². The third kappa shape index (κ3) is 4.60. The molecular weight excluding hydrogens is 306 g/mol. The first-order valence-corrected chi connectivity index (χ1v) is 7.02. The van der Waals surface area contributed by atoms with Gasteiger partial charge >= 0.3 is 6.03 Å². The molecule has 3 N–H and O–H groups in total. The van der Waals surface area contributed by atoms with E-state index in [-0.39, 0.29) is 18.5 Å². The van der Waals surface area contributed by atoms with E-state index in [0.29, 0.717) is 17.9 Å². The molecule has 1 aromatic carbocycles. The van der Waals surface area contributed by atoms with E-state index in [2.05, 4.69) is 20.6 Å². The number of nitrogens with one attached hydrogen (secondary N) is 2. The van der Waals surface area contributed by atoms with Gasteiger partial charge in [-0.1, -0.05) is 6.92 Å². The third-order valence-electron chi connectivity index (χ3n) is 3.07. The zero-order chi connectivity index (χ0) is 16.8. The Morgan fingerprint density at radius 3 is 2.39 bits per heavy atom. The van der Waals surface area contributed by atoms with E-state index in [0.717, 1.165) is 12.1 Å². The average molecular weight is 322 g/mol. The molecule has 2 rings (SSSR count). The molecule has 0 bridgehead atoms. The van der Waals surface area contributed by atoms with Crippen LogP contribution in [-0.4, -0.2) is 27.7 Å². The Kier molecular flexibility index (Phi) is 5.40. The molecule has 2 amide bonds. The molecule has 1 aromatic heterocycles. The standard InChI is InChI=1S/C15H16F2N4O2/c1-2-14-19-7-9(8-20-14)21-15(23)18-4-3-11-12(16)5-10(22)6-13(11)17/h5-8,22H,2-4H2,1H3,(H2,18,21,23). The smallest absolute Gasteiger partial charge is 0.319 e. The maximum Gasteiger partial charge on any atom is 0.319 e. The molecular formula is C15H16F2N4O2. The summed E-state index contributed by atoms with van der Waals surface area (Å²) in [6, 6.07) is 1.12. The Balaban J connectivity index is 1.85. The van der Waals surface area contributed by atoms with Crippen molar-refractivity contribution in [3.8, 4) is 5.75 Å². The molecule has 8 heteroatoms. The molecule has 0 aliphatic heterocycles. The van der Waals surface area contributed by atoms with Gasteiger partial charge in [0.2, 0.25) is 0 Å². The van der Waals surface area contributed by atoms with Crippen LogP contribution in [0.4, 0.5) is 19.3 Å². The van der Waals surface area contributed by atoms with Crippen LogP contribution >= 0.6 is 0 Å². The maximum absolute atomic E-state index is 13.5. The second kappa shape index (κ2) is 7.48. The number of amides is 2. The summed E-state index contributed by atoms with van der Waals surface area (Å²) in [6.07, 6.45) is 3.60. The number of phenolic OH excluding ortho intramolecular Hbond substituents is 1. The second-order valence-electron chi connectivity index (χ2n) is 4.76. The summed E-state index contributed by atoms with van der Waals surface area (Å²) in [4.78, 5) is 19.7. The molecule has 0 saturated heterocycles. The number of hydrogen-bond donors (Lipinski definition) is 3. The van der Waals surface area contributed by atoms with Gasteiger partial charge in [0.1, 0.15) is 23.2 Å². The van der Waals surface area contributed by atoms with E-state index in [1.54, 1.807) is 0 Å². The van der Waals surface area contributed by atoms with Gasteiger partial charge in [-0.25, -0.2) is 23.5 Å². The van der Waals surface area contributed by atoms with Crippen LogP contribution in [-0.2, 0) is 12.8 Å². The Morgan fingerprint density at radius 1 is 1.22 bits per heavy atom. The summed E-state index contributed by atoms with van der Waals surface area (Å²) >= 11 is 0. The predicted octanol–water partition coefficient (Wildman–Crippen LogP) is 2.39. The van der Waals surface area contributed by atoms with Crippen molar-refractivity contribution in [1.82, 2.24) is 15.3 Å². The van der Waals surface area contributed by atoms with Gasteiger partial charge in [0, 0.05) is 30.7 Å². The van der Waals surface area contributed by atoms with Crippen LogP contribution in [0.15, 0.2) is 24.5 Å². The fourth-order valence-corrected chi connectivity index (χ4v) is 1.91. The second-order valence-corrected chi connectivity index (χ2v) is 4.76. The molecule has 0 radical (unpaired) electrons. The van der Waals surface area contributed by atoms with Crippen molar-refractivity contribution in [2.24, 2.45) is 0 Å². The first-order chi connectivity index (χ1) is 11.0. The number of aromatic hydroxyl groups is 1. The van der Waals surface area contributed by atoms with Crippen molar-refractivity contribution in [2.75, 3.05) is 11.9 Å². The molecule has 0 saturated carbocycles. The fraction of sp³-hybridized carbons (Fsp3) is 0.267. The van der Waals surface area contributed by atoms with Gasteiger partial charge in [0.15, 0.2) is 0 Å². The van der Waals surface area contributed by atoms with E-state index in [1.165, 1.54) is 12.4 Å².